The van der Waals surface area contributed by atoms with Gasteiger partial charge in [0.05, 0.1) is 0 Å². The summed E-state index contributed by atoms with van der Waals surface area (Å²) in [4.78, 5) is 0. The maximum absolute atomic E-state index is 14.7. The lowest BCUT2D eigenvalue weighted by Crippen LogP contribution is -2.16. The molecule has 0 N–H and O–H groups in total. The lowest BCUT2D eigenvalue weighted by atomic mass is 9.77. The third kappa shape index (κ3) is 7.60. The minimum atomic E-state index is -0.872. The first kappa shape index (κ1) is 27.7. The molecule has 0 heterocycles. The molecule has 0 saturated heterocycles. The molecular weight excluding hydrogens is 496 g/mol. The van der Waals surface area contributed by atoms with Crippen LogP contribution in [-0.4, -0.2) is 0 Å². The molecule has 3 aromatic carbocycles. The molecule has 198 valence electrons. The van der Waals surface area contributed by atoms with Crippen LogP contribution >= 0.6 is 11.6 Å². The first-order valence-electron chi connectivity index (χ1n) is 13.5. The molecule has 0 atom stereocenters. The van der Waals surface area contributed by atoms with Crippen molar-refractivity contribution in [1.82, 2.24) is 0 Å². The number of hydrogen-bond acceptors (Lipinski definition) is 0. The van der Waals surface area contributed by atoms with Gasteiger partial charge in [0.2, 0.25) is 0 Å². The Bertz CT molecular complexity index is 1130. The third-order valence-corrected chi connectivity index (χ3v) is 8.35. The lowest BCUT2D eigenvalue weighted by Gasteiger charge is -2.28. The molecule has 3 aromatic rings. The highest BCUT2D eigenvalue weighted by Crippen LogP contribution is 2.34. The molecule has 0 amide bonds. The Morgan fingerprint density at radius 1 is 0.595 bits per heavy atom. The van der Waals surface area contributed by atoms with Gasteiger partial charge in [-0.25, -0.2) is 17.6 Å². The molecule has 0 spiro atoms. The monoisotopic (exact) mass is 530 g/mol. The Morgan fingerprint density at radius 3 is 1.54 bits per heavy atom. The number of aryl methyl sites for hydroxylation is 4. The second-order valence-corrected chi connectivity index (χ2v) is 10.9. The fourth-order valence-electron chi connectivity index (χ4n) is 5.55. The molecule has 4 rings (SSSR count). The van der Waals surface area contributed by atoms with Crippen molar-refractivity contribution in [3.8, 4) is 0 Å². The number of rotatable bonds is 10. The molecule has 0 nitrogen and oxygen atoms in total. The first-order valence-corrected chi connectivity index (χ1v) is 13.9. The van der Waals surface area contributed by atoms with E-state index in [0.717, 1.165) is 37.3 Å². The fraction of sp³-hybridized carbons (Fsp3) is 0.438. The van der Waals surface area contributed by atoms with Crippen LogP contribution in [0.3, 0.4) is 0 Å². The average molecular weight is 531 g/mol. The Labute approximate surface area is 223 Å². The minimum Gasteiger partial charge on any atom is -0.207 e. The van der Waals surface area contributed by atoms with Crippen LogP contribution in [0.1, 0.15) is 73.3 Å². The molecule has 0 aliphatic heterocycles. The molecule has 1 aliphatic carbocycles. The van der Waals surface area contributed by atoms with Gasteiger partial charge in [0.25, 0.3) is 0 Å². The highest BCUT2D eigenvalue weighted by atomic mass is 35.5. The van der Waals surface area contributed by atoms with Gasteiger partial charge in [-0.15, -0.1) is 0 Å². The third-order valence-electron chi connectivity index (χ3n) is 7.99. The van der Waals surface area contributed by atoms with E-state index in [-0.39, 0.29) is 18.4 Å². The van der Waals surface area contributed by atoms with Gasteiger partial charge in [-0.1, -0.05) is 68.5 Å². The SMILES string of the molecule is CCc1ccc(CC[C@H]2CC[C@H](CCc3cc(F)c(CCc4cc(F)c(Cl)c(F)c4)c(F)c3)CC2)cc1. The molecule has 0 aromatic heterocycles. The summed E-state index contributed by atoms with van der Waals surface area (Å²) >= 11 is 5.50. The van der Waals surface area contributed by atoms with Crippen molar-refractivity contribution in [1.29, 1.82) is 0 Å². The predicted octanol–water partition coefficient (Wildman–Crippen LogP) is 9.62. The first-order chi connectivity index (χ1) is 17.8. The van der Waals surface area contributed by atoms with Gasteiger partial charge in [-0.2, -0.15) is 0 Å². The highest BCUT2D eigenvalue weighted by Gasteiger charge is 2.21. The predicted molar refractivity (Wildman–Crippen MR) is 143 cm³/mol. The Hall–Kier alpha value is -2.33. The van der Waals surface area contributed by atoms with E-state index >= 15 is 0 Å². The van der Waals surface area contributed by atoms with Crippen molar-refractivity contribution in [2.24, 2.45) is 11.8 Å². The number of benzene rings is 3. The maximum atomic E-state index is 14.7. The summed E-state index contributed by atoms with van der Waals surface area (Å²) in [5.74, 6) is -1.58. The maximum Gasteiger partial charge on any atom is 0.145 e. The van der Waals surface area contributed by atoms with Crippen LogP contribution in [0, 0.1) is 35.1 Å². The van der Waals surface area contributed by atoms with Gasteiger partial charge >= 0.3 is 0 Å². The van der Waals surface area contributed by atoms with Crippen molar-refractivity contribution in [3.05, 3.63) is 105 Å². The van der Waals surface area contributed by atoms with E-state index in [9.17, 15) is 17.6 Å². The standard InChI is InChI=1S/C32H35ClF4/c1-2-21-3-5-22(6-4-21)7-8-23-9-11-24(12-10-23)13-14-25-17-28(34)27(29(35)18-25)16-15-26-19-30(36)32(33)31(37)20-26/h3-6,17-20,23-24H,2,7-16H2,1H3/t23-,24-. The van der Waals surface area contributed by atoms with E-state index in [0.29, 0.717) is 23.5 Å². The lowest BCUT2D eigenvalue weighted by molar-refractivity contribution is 0.253. The van der Waals surface area contributed by atoms with Crippen LogP contribution in [-0.2, 0) is 32.1 Å². The second-order valence-electron chi connectivity index (χ2n) is 10.5. The molecule has 37 heavy (non-hydrogen) atoms. The van der Waals surface area contributed by atoms with Gasteiger partial charge in [0, 0.05) is 5.56 Å². The summed E-state index contributed by atoms with van der Waals surface area (Å²) in [7, 11) is 0. The summed E-state index contributed by atoms with van der Waals surface area (Å²) in [6.07, 6.45) is 9.97. The number of halogens is 5. The minimum absolute atomic E-state index is 0.0191. The zero-order chi connectivity index (χ0) is 26.4. The smallest absolute Gasteiger partial charge is 0.145 e. The van der Waals surface area contributed by atoms with Crippen LogP contribution in [0.5, 0.6) is 0 Å². The molecular formula is C32H35ClF4. The van der Waals surface area contributed by atoms with Gasteiger partial charge < -0.3 is 0 Å². The van der Waals surface area contributed by atoms with E-state index in [2.05, 4.69) is 31.2 Å². The molecule has 0 unspecified atom stereocenters. The van der Waals surface area contributed by atoms with Crippen LogP contribution in [0.2, 0.25) is 5.02 Å². The quantitative estimate of drug-likeness (QED) is 0.181. The number of hydrogen-bond donors (Lipinski definition) is 0. The summed E-state index contributed by atoms with van der Waals surface area (Å²) in [5, 5.41) is -0.573. The molecule has 1 aliphatic rings. The zero-order valence-electron chi connectivity index (χ0n) is 21.4. The average Bonchev–Trinajstić information content (AvgIpc) is 2.89. The Kier molecular flexibility index (Phi) is 9.70. The normalized spacial score (nSPS) is 17.8. The Balaban J connectivity index is 1.22. The van der Waals surface area contributed by atoms with E-state index in [1.165, 1.54) is 55.4 Å². The van der Waals surface area contributed by atoms with Crippen molar-refractivity contribution in [2.45, 2.75) is 77.6 Å². The van der Waals surface area contributed by atoms with Crippen molar-refractivity contribution >= 4 is 11.6 Å². The van der Waals surface area contributed by atoms with Gasteiger partial charge in [-0.3, -0.25) is 0 Å². The van der Waals surface area contributed by atoms with Gasteiger partial charge in [0.1, 0.15) is 28.3 Å². The Morgan fingerprint density at radius 2 is 1.03 bits per heavy atom. The van der Waals surface area contributed by atoms with Crippen molar-refractivity contribution in [3.63, 3.8) is 0 Å². The summed E-state index contributed by atoms with van der Waals surface area (Å²) in [5.41, 5.74) is 3.72. The van der Waals surface area contributed by atoms with E-state index in [1.54, 1.807) is 0 Å². The second kappa shape index (κ2) is 13.0. The fourth-order valence-corrected chi connectivity index (χ4v) is 5.66. The zero-order valence-corrected chi connectivity index (χ0v) is 22.2. The van der Waals surface area contributed by atoms with Crippen LogP contribution in [0.4, 0.5) is 17.6 Å². The van der Waals surface area contributed by atoms with Crippen molar-refractivity contribution < 1.29 is 17.6 Å². The summed E-state index contributed by atoms with van der Waals surface area (Å²) < 4.78 is 56.7. The molecule has 1 fully saturated rings. The molecule has 1 saturated carbocycles. The molecule has 0 bridgehead atoms. The van der Waals surface area contributed by atoms with E-state index in [4.69, 9.17) is 11.6 Å². The van der Waals surface area contributed by atoms with E-state index < -0.39 is 28.3 Å². The summed E-state index contributed by atoms with van der Waals surface area (Å²) in [6.45, 7) is 2.17. The largest absolute Gasteiger partial charge is 0.207 e. The topological polar surface area (TPSA) is 0 Å². The van der Waals surface area contributed by atoms with Crippen LogP contribution in [0.25, 0.3) is 0 Å². The van der Waals surface area contributed by atoms with Crippen LogP contribution < -0.4 is 0 Å². The highest BCUT2D eigenvalue weighted by molar-refractivity contribution is 6.30. The van der Waals surface area contributed by atoms with E-state index in [1.807, 2.05) is 0 Å². The van der Waals surface area contributed by atoms with Crippen LogP contribution in [0.15, 0.2) is 48.5 Å². The molecule has 0 radical (unpaired) electrons. The summed E-state index contributed by atoms with van der Waals surface area (Å²) in [6, 6.07) is 14.0. The van der Waals surface area contributed by atoms with Crippen molar-refractivity contribution in [2.75, 3.05) is 0 Å². The molecule has 5 heteroatoms. The van der Waals surface area contributed by atoms with Gasteiger partial charge in [0.15, 0.2) is 0 Å². The van der Waals surface area contributed by atoms with Gasteiger partial charge in [-0.05, 0) is 103 Å².